The largest absolute Gasteiger partial charge is 0.416 e. The van der Waals surface area contributed by atoms with Gasteiger partial charge in [0.15, 0.2) is 0 Å². The third-order valence-electron chi connectivity index (χ3n) is 4.37. The lowest BCUT2D eigenvalue weighted by atomic mass is 9.99. The lowest BCUT2D eigenvalue weighted by Gasteiger charge is -2.26. The van der Waals surface area contributed by atoms with Crippen molar-refractivity contribution in [2.75, 3.05) is 14.2 Å². The van der Waals surface area contributed by atoms with E-state index in [9.17, 15) is 26.3 Å². The molecule has 0 aliphatic heterocycles. The van der Waals surface area contributed by atoms with Crippen molar-refractivity contribution < 1.29 is 35.2 Å². The normalized spacial score (nSPS) is 13.1. The molecule has 2 rings (SSSR count). The van der Waals surface area contributed by atoms with Crippen LogP contribution in [0, 0.1) is 0 Å². The molecule has 0 N–H and O–H groups in total. The summed E-state index contributed by atoms with van der Waals surface area (Å²) < 4.78 is 89.1. The van der Waals surface area contributed by atoms with E-state index in [1.54, 1.807) is 12.1 Å². The number of benzene rings is 2. The van der Waals surface area contributed by atoms with Crippen molar-refractivity contribution in [2.45, 2.75) is 25.3 Å². The first kappa shape index (κ1) is 21.5. The zero-order chi connectivity index (χ0) is 20.5. The highest BCUT2D eigenvalue weighted by atomic mass is 28.4. The molecule has 0 atom stereocenters. The smallest absolute Gasteiger partial charge is 0.394 e. The van der Waals surface area contributed by atoms with Crippen molar-refractivity contribution in [1.29, 1.82) is 0 Å². The number of hydrogen-bond acceptors (Lipinski definition) is 2. The van der Waals surface area contributed by atoms with E-state index in [4.69, 9.17) is 8.85 Å². The van der Waals surface area contributed by atoms with Crippen LogP contribution in [0.1, 0.15) is 18.1 Å². The first-order chi connectivity index (χ1) is 12.5. The standard InChI is InChI=1S/C18H18F6O2Si/c1-4-27(25-2,26-3)16-7-5-12(6-8-16)13-9-14(17(19,20)21)11-15(10-13)18(22,23)24/h5-11H,4H2,1-3H3. The predicted octanol–water partition coefficient (Wildman–Crippen LogP) is 5.35. The van der Waals surface area contributed by atoms with Crippen LogP contribution in [0.4, 0.5) is 26.3 Å². The molecule has 148 valence electrons. The van der Waals surface area contributed by atoms with Gasteiger partial charge >= 0.3 is 20.9 Å². The molecule has 0 aromatic heterocycles. The van der Waals surface area contributed by atoms with E-state index in [1.165, 1.54) is 26.4 Å². The molecule has 0 spiro atoms. The molecule has 27 heavy (non-hydrogen) atoms. The lowest BCUT2D eigenvalue weighted by Crippen LogP contribution is -2.51. The molecule has 0 aliphatic rings. The molecular formula is C18H18F6O2Si. The fraction of sp³-hybridized carbons (Fsp3) is 0.333. The maximum absolute atomic E-state index is 13.0. The van der Waals surface area contributed by atoms with Gasteiger partial charge in [-0.2, -0.15) is 26.3 Å². The van der Waals surface area contributed by atoms with Crippen LogP contribution in [-0.4, -0.2) is 22.8 Å². The van der Waals surface area contributed by atoms with E-state index in [0.29, 0.717) is 18.2 Å². The lowest BCUT2D eigenvalue weighted by molar-refractivity contribution is -0.143. The second kappa shape index (κ2) is 7.65. The minimum absolute atomic E-state index is 0.114. The maximum atomic E-state index is 13.0. The van der Waals surface area contributed by atoms with E-state index in [2.05, 4.69) is 0 Å². The Labute approximate surface area is 154 Å². The molecule has 0 unspecified atom stereocenters. The van der Waals surface area contributed by atoms with Gasteiger partial charge in [0.2, 0.25) is 0 Å². The maximum Gasteiger partial charge on any atom is 0.416 e. The van der Waals surface area contributed by atoms with Crippen molar-refractivity contribution in [1.82, 2.24) is 0 Å². The molecule has 9 heteroatoms. The fourth-order valence-corrected chi connectivity index (χ4v) is 5.15. The van der Waals surface area contributed by atoms with Crippen molar-refractivity contribution in [3.05, 3.63) is 53.6 Å². The number of alkyl halides is 6. The van der Waals surface area contributed by atoms with Crippen LogP contribution in [0.15, 0.2) is 42.5 Å². The third kappa shape index (κ3) is 4.53. The van der Waals surface area contributed by atoms with Crippen molar-refractivity contribution in [3.8, 4) is 11.1 Å². The van der Waals surface area contributed by atoms with Gasteiger partial charge in [0, 0.05) is 14.2 Å². The quantitative estimate of drug-likeness (QED) is 0.490. The number of halogens is 6. The van der Waals surface area contributed by atoms with E-state index < -0.39 is 32.0 Å². The van der Waals surface area contributed by atoms with Gasteiger partial charge in [-0.25, -0.2) is 0 Å². The van der Waals surface area contributed by atoms with Crippen LogP contribution in [0.2, 0.25) is 6.04 Å². The van der Waals surface area contributed by atoms with E-state index in [-0.39, 0.29) is 17.2 Å². The predicted molar refractivity (Wildman–Crippen MR) is 91.8 cm³/mol. The Morgan fingerprint density at radius 3 is 1.52 bits per heavy atom. The second-order valence-corrected chi connectivity index (χ2v) is 9.49. The molecule has 2 aromatic rings. The Hall–Kier alpha value is -1.84. The van der Waals surface area contributed by atoms with E-state index in [0.717, 1.165) is 5.19 Å². The molecule has 0 fully saturated rings. The first-order valence-corrected chi connectivity index (χ1v) is 10.00. The minimum Gasteiger partial charge on any atom is -0.394 e. The highest BCUT2D eigenvalue weighted by molar-refractivity contribution is 6.81. The molecule has 0 aliphatic carbocycles. The molecule has 0 amide bonds. The Morgan fingerprint density at radius 2 is 1.19 bits per heavy atom. The van der Waals surface area contributed by atoms with Crippen LogP contribution in [0.25, 0.3) is 11.1 Å². The van der Waals surface area contributed by atoms with Crippen molar-refractivity contribution in [2.24, 2.45) is 0 Å². The van der Waals surface area contributed by atoms with Gasteiger partial charge in [0.25, 0.3) is 0 Å². The van der Waals surface area contributed by atoms with Gasteiger partial charge in [0.05, 0.1) is 11.1 Å². The zero-order valence-corrected chi connectivity index (χ0v) is 15.8. The summed E-state index contributed by atoms with van der Waals surface area (Å²) in [5.41, 5.74) is -2.62. The Morgan fingerprint density at radius 1 is 0.741 bits per heavy atom. The van der Waals surface area contributed by atoms with Gasteiger partial charge in [0.1, 0.15) is 0 Å². The summed E-state index contributed by atoms with van der Waals surface area (Å²) in [6, 6.07) is 8.31. The highest BCUT2D eigenvalue weighted by Gasteiger charge is 2.38. The molecule has 0 radical (unpaired) electrons. The van der Waals surface area contributed by atoms with Gasteiger partial charge in [-0.3, -0.25) is 0 Å². The van der Waals surface area contributed by atoms with E-state index >= 15 is 0 Å². The third-order valence-corrected chi connectivity index (χ3v) is 7.83. The molecule has 0 heterocycles. The topological polar surface area (TPSA) is 18.5 Å². The summed E-state index contributed by atoms with van der Waals surface area (Å²) in [6.07, 6.45) is -9.77. The van der Waals surface area contributed by atoms with Gasteiger partial charge in [-0.1, -0.05) is 31.2 Å². The average molecular weight is 408 g/mol. The molecule has 2 nitrogen and oxygen atoms in total. The molecule has 2 aromatic carbocycles. The number of rotatable bonds is 5. The Bertz CT molecular complexity index is 739. The first-order valence-electron chi connectivity index (χ1n) is 7.97. The van der Waals surface area contributed by atoms with Gasteiger partial charge in [-0.15, -0.1) is 0 Å². The van der Waals surface area contributed by atoms with Crippen LogP contribution in [0.3, 0.4) is 0 Å². The molecule has 0 saturated carbocycles. The monoisotopic (exact) mass is 408 g/mol. The molecule has 0 bridgehead atoms. The van der Waals surface area contributed by atoms with E-state index in [1.807, 2.05) is 6.92 Å². The fourth-order valence-electron chi connectivity index (χ4n) is 2.85. The van der Waals surface area contributed by atoms with Crippen LogP contribution in [0.5, 0.6) is 0 Å². The second-order valence-electron chi connectivity index (χ2n) is 5.89. The van der Waals surface area contributed by atoms with Crippen molar-refractivity contribution in [3.63, 3.8) is 0 Å². The van der Waals surface area contributed by atoms with Crippen LogP contribution >= 0.6 is 0 Å². The Kier molecular flexibility index (Phi) is 6.08. The summed E-state index contributed by atoms with van der Waals surface area (Å²) in [5.74, 6) is 0. The van der Waals surface area contributed by atoms with Gasteiger partial charge < -0.3 is 8.85 Å². The summed E-state index contributed by atoms with van der Waals surface area (Å²) in [6.45, 7) is 1.88. The van der Waals surface area contributed by atoms with Crippen LogP contribution < -0.4 is 5.19 Å². The van der Waals surface area contributed by atoms with Gasteiger partial charge in [-0.05, 0) is 40.6 Å². The van der Waals surface area contributed by atoms with Crippen molar-refractivity contribution >= 4 is 13.7 Å². The Balaban J connectivity index is 2.55. The summed E-state index contributed by atoms with van der Waals surface area (Å²) in [7, 11) is 0.360. The highest BCUT2D eigenvalue weighted by Crippen LogP contribution is 2.38. The number of hydrogen-bond donors (Lipinski definition) is 0. The minimum atomic E-state index is -4.88. The summed E-state index contributed by atoms with van der Waals surface area (Å²) in [4.78, 5) is 0. The summed E-state index contributed by atoms with van der Waals surface area (Å²) in [5, 5.41) is 0.738. The zero-order valence-electron chi connectivity index (χ0n) is 14.8. The SMILES string of the molecule is CC[Si](OC)(OC)c1ccc(-c2cc(C(F)(F)F)cc(C(F)(F)F)c2)cc1. The summed E-state index contributed by atoms with van der Waals surface area (Å²) >= 11 is 0. The van der Waals surface area contributed by atoms with Crippen LogP contribution in [-0.2, 0) is 21.2 Å². The molecule has 0 saturated heterocycles. The molecular weight excluding hydrogens is 390 g/mol. The average Bonchev–Trinajstić information content (AvgIpc) is 2.62.